The summed E-state index contributed by atoms with van der Waals surface area (Å²) in [5, 5.41) is 5.44. The zero-order valence-corrected chi connectivity index (χ0v) is 15.6. The average Bonchev–Trinajstić information content (AvgIpc) is 2.56. The van der Waals surface area contributed by atoms with Gasteiger partial charge in [0.15, 0.2) is 0 Å². The number of methoxy groups -OCH3 is 1. The van der Waals surface area contributed by atoms with Crippen LogP contribution < -0.4 is 15.4 Å². The first kappa shape index (κ1) is 18.9. The first-order valence-electron chi connectivity index (χ1n) is 7.82. The Kier molecular flexibility index (Phi) is 6.09. The van der Waals surface area contributed by atoms with Crippen LogP contribution in [0.1, 0.15) is 20.8 Å². The van der Waals surface area contributed by atoms with Crippen LogP contribution in [-0.2, 0) is 9.59 Å². The molecule has 132 valence electrons. The molecule has 2 aromatic carbocycles. The molecule has 0 unspecified atom stereocenters. The zero-order valence-electron chi connectivity index (χ0n) is 14.8. The highest BCUT2D eigenvalue weighted by atomic mass is 32.2. The highest BCUT2D eigenvalue weighted by molar-refractivity contribution is 7.99. The predicted octanol–water partition coefficient (Wildman–Crippen LogP) is 3.70. The number of carbonyl (C=O) groups excluding carboxylic acids is 2. The number of hydrogen-bond acceptors (Lipinski definition) is 4. The summed E-state index contributed by atoms with van der Waals surface area (Å²) in [6.45, 7) is 4.72. The minimum atomic E-state index is -0.970. The van der Waals surface area contributed by atoms with E-state index in [4.69, 9.17) is 4.74 Å². The van der Waals surface area contributed by atoms with Crippen molar-refractivity contribution < 1.29 is 14.3 Å². The highest BCUT2D eigenvalue weighted by Crippen LogP contribution is 2.29. The number of carbonyl (C=O) groups is 2. The quantitative estimate of drug-likeness (QED) is 0.826. The van der Waals surface area contributed by atoms with Crippen molar-refractivity contribution in [3.63, 3.8) is 0 Å². The number of amides is 2. The van der Waals surface area contributed by atoms with Gasteiger partial charge in [-0.3, -0.25) is 9.59 Å². The van der Waals surface area contributed by atoms with Crippen LogP contribution in [0.5, 0.6) is 5.75 Å². The first-order valence-corrected chi connectivity index (χ1v) is 8.64. The van der Waals surface area contributed by atoms with Gasteiger partial charge in [0.2, 0.25) is 11.8 Å². The molecule has 0 spiro atoms. The summed E-state index contributed by atoms with van der Waals surface area (Å²) in [7, 11) is 1.64. The molecule has 0 bridgehead atoms. The smallest absolute Gasteiger partial charge is 0.249 e. The molecule has 0 fully saturated rings. The molecule has 5 nitrogen and oxygen atoms in total. The van der Waals surface area contributed by atoms with E-state index >= 15 is 0 Å². The molecule has 6 heteroatoms. The van der Waals surface area contributed by atoms with E-state index in [-0.39, 0.29) is 11.8 Å². The summed E-state index contributed by atoms with van der Waals surface area (Å²) in [6, 6.07) is 15.4. The van der Waals surface area contributed by atoms with Gasteiger partial charge in [-0.25, -0.2) is 0 Å². The molecule has 0 radical (unpaired) electrons. The monoisotopic (exact) mass is 358 g/mol. The molecular weight excluding hydrogens is 336 g/mol. The van der Waals surface area contributed by atoms with Crippen molar-refractivity contribution in [3.8, 4) is 5.75 Å². The summed E-state index contributed by atoms with van der Waals surface area (Å²) in [6.07, 6.45) is 0. The molecule has 2 N–H and O–H groups in total. The normalized spacial score (nSPS) is 10.9. The summed E-state index contributed by atoms with van der Waals surface area (Å²) >= 11 is 1.62. The van der Waals surface area contributed by atoms with Crippen LogP contribution in [0.2, 0.25) is 0 Å². The second-order valence-electron chi connectivity index (χ2n) is 6.06. The number of benzene rings is 2. The molecule has 2 aromatic rings. The fraction of sp³-hybridized carbons (Fsp3) is 0.263. The largest absolute Gasteiger partial charge is 0.497 e. The van der Waals surface area contributed by atoms with E-state index in [9.17, 15) is 9.59 Å². The molecule has 0 aliphatic rings. The molecule has 0 aliphatic carbocycles. The molecular formula is C19H22N2O3S. The van der Waals surface area contributed by atoms with Gasteiger partial charge in [-0.1, -0.05) is 11.8 Å². The van der Waals surface area contributed by atoms with Crippen LogP contribution in [0.4, 0.5) is 5.69 Å². The maximum atomic E-state index is 12.3. The lowest BCUT2D eigenvalue weighted by atomic mass is 10.0. The van der Waals surface area contributed by atoms with Crippen molar-refractivity contribution >= 4 is 29.3 Å². The van der Waals surface area contributed by atoms with E-state index in [1.165, 1.54) is 6.92 Å². The van der Waals surface area contributed by atoms with E-state index in [1.54, 1.807) is 32.7 Å². The summed E-state index contributed by atoms with van der Waals surface area (Å²) < 4.78 is 5.15. The van der Waals surface area contributed by atoms with E-state index in [1.807, 2.05) is 48.5 Å². The minimum Gasteiger partial charge on any atom is -0.497 e. The van der Waals surface area contributed by atoms with Gasteiger partial charge in [0, 0.05) is 22.4 Å². The van der Waals surface area contributed by atoms with Crippen LogP contribution in [0, 0.1) is 0 Å². The second-order valence-corrected chi connectivity index (χ2v) is 7.21. The van der Waals surface area contributed by atoms with Crippen LogP contribution in [0.3, 0.4) is 0 Å². The standard InChI is InChI=1S/C19H22N2O3S/c1-13(22)21-19(2,3)18(23)20-14-5-9-16(10-6-14)25-17-11-7-15(24-4)8-12-17/h5-12H,1-4H3,(H,20,23)(H,21,22). The Morgan fingerprint density at radius 1 is 0.960 bits per heavy atom. The maximum absolute atomic E-state index is 12.3. The lowest BCUT2D eigenvalue weighted by Gasteiger charge is -2.24. The van der Waals surface area contributed by atoms with E-state index in [2.05, 4.69) is 10.6 Å². The van der Waals surface area contributed by atoms with E-state index in [0.717, 1.165) is 15.5 Å². The van der Waals surface area contributed by atoms with E-state index < -0.39 is 5.54 Å². The number of hydrogen-bond donors (Lipinski definition) is 2. The molecule has 2 amide bonds. The van der Waals surface area contributed by atoms with Crippen molar-refractivity contribution in [2.45, 2.75) is 36.1 Å². The molecule has 0 aliphatic heterocycles. The van der Waals surface area contributed by atoms with Crippen LogP contribution in [0.25, 0.3) is 0 Å². The molecule has 0 saturated carbocycles. The third-order valence-corrected chi connectivity index (χ3v) is 4.48. The fourth-order valence-corrected chi connectivity index (χ4v) is 2.99. The minimum absolute atomic E-state index is 0.244. The topological polar surface area (TPSA) is 67.4 Å². The van der Waals surface area contributed by atoms with Crippen LogP contribution in [-0.4, -0.2) is 24.5 Å². The Morgan fingerprint density at radius 2 is 1.48 bits per heavy atom. The Bertz CT molecular complexity index is 740. The first-order chi connectivity index (χ1) is 11.8. The van der Waals surface area contributed by atoms with Crippen molar-refractivity contribution in [2.75, 3.05) is 12.4 Å². The molecule has 2 rings (SSSR count). The third-order valence-electron chi connectivity index (χ3n) is 3.46. The third kappa shape index (κ3) is 5.53. The van der Waals surface area contributed by atoms with Gasteiger partial charge in [-0.05, 0) is 62.4 Å². The van der Waals surface area contributed by atoms with Crippen molar-refractivity contribution in [3.05, 3.63) is 48.5 Å². The lowest BCUT2D eigenvalue weighted by Crippen LogP contribution is -2.51. The summed E-state index contributed by atoms with van der Waals surface area (Å²) in [5.41, 5.74) is -0.287. The highest BCUT2D eigenvalue weighted by Gasteiger charge is 2.28. The fourth-order valence-electron chi connectivity index (χ4n) is 2.17. The van der Waals surface area contributed by atoms with Gasteiger partial charge in [0.1, 0.15) is 11.3 Å². The molecule has 25 heavy (non-hydrogen) atoms. The number of nitrogens with one attached hydrogen (secondary N) is 2. The summed E-state index contributed by atoms with van der Waals surface area (Å²) in [5.74, 6) is 0.314. The van der Waals surface area contributed by atoms with Gasteiger partial charge < -0.3 is 15.4 Å². The van der Waals surface area contributed by atoms with Gasteiger partial charge in [-0.2, -0.15) is 0 Å². The SMILES string of the molecule is COc1ccc(Sc2ccc(NC(=O)C(C)(C)NC(C)=O)cc2)cc1. The lowest BCUT2D eigenvalue weighted by molar-refractivity contribution is -0.128. The number of ether oxygens (including phenoxy) is 1. The zero-order chi connectivity index (χ0) is 18.4. The van der Waals surface area contributed by atoms with Gasteiger partial charge in [0.25, 0.3) is 0 Å². The van der Waals surface area contributed by atoms with Gasteiger partial charge in [0.05, 0.1) is 7.11 Å². The molecule has 0 atom stereocenters. The van der Waals surface area contributed by atoms with Crippen molar-refractivity contribution in [2.24, 2.45) is 0 Å². The number of rotatable bonds is 6. The Balaban J connectivity index is 1.99. The van der Waals surface area contributed by atoms with Gasteiger partial charge in [-0.15, -0.1) is 0 Å². The second kappa shape index (κ2) is 8.07. The van der Waals surface area contributed by atoms with Crippen molar-refractivity contribution in [1.82, 2.24) is 5.32 Å². The Morgan fingerprint density at radius 3 is 1.96 bits per heavy atom. The summed E-state index contributed by atoms with van der Waals surface area (Å²) in [4.78, 5) is 25.6. The molecule has 0 saturated heterocycles. The van der Waals surface area contributed by atoms with Crippen molar-refractivity contribution in [1.29, 1.82) is 0 Å². The Labute approximate surface area is 152 Å². The average molecular weight is 358 g/mol. The van der Waals surface area contributed by atoms with Crippen LogP contribution in [0.15, 0.2) is 58.3 Å². The molecule has 0 aromatic heterocycles. The number of anilines is 1. The predicted molar refractivity (Wildman–Crippen MR) is 100 cm³/mol. The molecule has 0 heterocycles. The van der Waals surface area contributed by atoms with E-state index in [0.29, 0.717) is 5.69 Å². The Hall–Kier alpha value is -2.47. The maximum Gasteiger partial charge on any atom is 0.249 e. The van der Waals surface area contributed by atoms with Crippen LogP contribution >= 0.6 is 11.8 Å². The van der Waals surface area contributed by atoms with Gasteiger partial charge >= 0.3 is 0 Å².